The van der Waals surface area contributed by atoms with E-state index in [1.165, 1.54) is 0 Å². The zero-order valence-corrected chi connectivity index (χ0v) is 22.7. The molecule has 2 saturated carbocycles. The molecule has 0 saturated heterocycles. The Morgan fingerprint density at radius 2 is 1.88 bits per heavy atom. The minimum atomic E-state index is -0.952. The molecule has 0 aliphatic heterocycles. The van der Waals surface area contributed by atoms with Crippen molar-refractivity contribution in [3.8, 4) is 11.6 Å². The number of rotatable bonds is 9. The average Bonchev–Trinajstić information content (AvgIpc) is 3.54. The summed E-state index contributed by atoms with van der Waals surface area (Å²) in [5, 5.41) is 22.2. The third kappa shape index (κ3) is 5.21. The number of ether oxygens (including phenoxy) is 2. The Morgan fingerprint density at radius 3 is 2.58 bits per heavy atom. The molecule has 4 N–H and O–H groups in total. The molecule has 2 aliphatic carbocycles. The van der Waals surface area contributed by atoms with Crippen LogP contribution in [-0.4, -0.2) is 60.5 Å². The summed E-state index contributed by atoms with van der Waals surface area (Å²) in [6.07, 6.45) is 8.20. The SMILES string of the molecule is CC(C)(O)COc1ccc2c(C(=O)NC3CCC(Oc4nn5ccccc5c4C(N)=O)CC3)cnn2c1C1CC1. The molecular weight excluding hydrogens is 512 g/mol. The highest BCUT2D eigenvalue weighted by Gasteiger charge is 2.32. The molecule has 11 heteroatoms. The van der Waals surface area contributed by atoms with Crippen molar-refractivity contribution < 1.29 is 24.2 Å². The summed E-state index contributed by atoms with van der Waals surface area (Å²) < 4.78 is 15.5. The highest BCUT2D eigenvalue weighted by atomic mass is 16.5. The Bertz CT molecular complexity index is 1570. The van der Waals surface area contributed by atoms with Gasteiger partial charge in [0.1, 0.15) is 24.0 Å². The molecule has 0 radical (unpaired) electrons. The van der Waals surface area contributed by atoms with Gasteiger partial charge in [-0.2, -0.15) is 5.10 Å². The van der Waals surface area contributed by atoms with Gasteiger partial charge >= 0.3 is 0 Å². The predicted molar refractivity (Wildman–Crippen MR) is 147 cm³/mol. The van der Waals surface area contributed by atoms with Crippen LogP contribution in [0.25, 0.3) is 11.0 Å². The lowest BCUT2D eigenvalue weighted by Crippen LogP contribution is -2.39. The van der Waals surface area contributed by atoms with E-state index in [-0.39, 0.29) is 36.1 Å². The Labute approximate surface area is 231 Å². The molecule has 0 bridgehead atoms. The third-order valence-corrected chi connectivity index (χ3v) is 7.51. The molecule has 6 rings (SSSR count). The summed E-state index contributed by atoms with van der Waals surface area (Å²) in [5.74, 6) is 0.522. The van der Waals surface area contributed by atoms with E-state index in [4.69, 9.17) is 15.2 Å². The van der Waals surface area contributed by atoms with Crippen molar-refractivity contribution in [2.45, 2.75) is 76.0 Å². The fourth-order valence-corrected chi connectivity index (χ4v) is 5.37. The summed E-state index contributed by atoms with van der Waals surface area (Å²) in [7, 11) is 0. The van der Waals surface area contributed by atoms with Gasteiger partial charge < -0.3 is 25.6 Å². The quantitative estimate of drug-likeness (QED) is 0.292. The number of nitrogens with two attached hydrogens (primary N) is 1. The fraction of sp³-hybridized carbons (Fsp3) is 0.448. The monoisotopic (exact) mass is 546 g/mol. The Morgan fingerprint density at radius 1 is 1.10 bits per heavy atom. The van der Waals surface area contributed by atoms with Crippen LogP contribution < -0.4 is 20.5 Å². The van der Waals surface area contributed by atoms with E-state index in [0.717, 1.165) is 36.9 Å². The fourth-order valence-electron chi connectivity index (χ4n) is 5.37. The molecule has 2 amide bonds. The number of carbonyl (C=O) groups is 2. The molecule has 40 heavy (non-hydrogen) atoms. The van der Waals surface area contributed by atoms with Crippen LogP contribution >= 0.6 is 0 Å². The number of pyridine rings is 2. The van der Waals surface area contributed by atoms with E-state index < -0.39 is 11.5 Å². The first-order valence-electron chi connectivity index (χ1n) is 13.8. The molecule has 11 nitrogen and oxygen atoms in total. The smallest absolute Gasteiger partial charge is 0.256 e. The first-order chi connectivity index (χ1) is 19.2. The van der Waals surface area contributed by atoms with Crippen molar-refractivity contribution in [1.29, 1.82) is 0 Å². The van der Waals surface area contributed by atoms with E-state index in [0.29, 0.717) is 35.6 Å². The van der Waals surface area contributed by atoms with E-state index in [1.807, 2.05) is 28.8 Å². The summed E-state index contributed by atoms with van der Waals surface area (Å²) in [5.41, 5.74) is 7.76. The number of fused-ring (bicyclic) bond motifs is 2. The van der Waals surface area contributed by atoms with Crippen molar-refractivity contribution in [3.63, 3.8) is 0 Å². The van der Waals surface area contributed by atoms with Crippen molar-refractivity contribution in [1.82, 2.24) is 24.5 Å². The normalized spacial score (nSPS) is 19.6. The molecule has 210 valence electrons. The lowest BCUT2D eigenvalue weighted by molar-refractivity contribution is 0.0279. The number of nitrogens with zero attached hydrogens (tertiary/aromatic N) is 4. The molecule has 0 spiro atoms. The van der Waals surface area contributed by atoms with Gasteiger partial charge in [-0.15, -0.1) is 5.10 Å². The topological polar surface area (TPSA) is 145 Å². The lowest BCUT2D eigenvalue weighted by atomic mass is 9.92. The summed E-state index contributed by atoms with van der Waals surface area (Å²) in [4.78, 5) is 25.4. The summed E-state index contributed by atoms with van der Waals surface area (Å²) in [6, 6.07) is 9.14. The number of aliphatic hydroxyl groups is 1. The van der Waals surface area contributed by atoms with Crippen molar-refractivity contribution in [3.05, 3.63) is 59.5 Å². The van der Waals surface area contributed by atoms with Crippen LogP contribution in [0.15, 0.2) is 42.7 Å². The molecule has 0 atom stereocenters. The van der Waals surface area contributed by atoms with Gasteiger partial charge in [0.15, 0.2) is 0 Å². The molecule has 4 heterocycles. The number of aromatic nitrogens is 4. The first kappa shape index (κ1) is 26.1. The molecule has 0 aromatic carbocycles. The number of amides is 2. The van der Waals surface area contributed by atoms with Gasteiger partial charge in [-0.1, -0.05) is 6.07 Å². The second-order valence-corrected chi connectivity index (χ2v) is 11.5. The van der Waals surface area contributed by atoms with E-state index in [9.17, 15) is 14.7 Å². The van der Waals surface area contributed by atoms with Crippen molar-refractivity contribution >= 4 is 22.8 Å². The second kappa shape index (κ2) is 10.1. The first-order valence-corrected chi connectivity index (χ1v) is 13.8. The van der Waals surface area contributed by atoms with Crippen LogP contribution in [0.4, 0.5) is 0 Å². The van der Waals surface area contributed by atoms with Crippen LogP contribution in [0.1, 0.15) is 84.7 Å². The van der Waals surface area contributed by atoms with Crippen molar-refractivity contribution in [2.24, 2.45) is 5.73 Å². The van der Waals surface area contributed by atoms with Gasteiger partial charge in [0.05, 0.1) is 34.1 Å². The summed E-state index contributed by atoms with van der Waals surface area (Å²) in [6.45, 7) is 3.58. The van der Waals surface area contributed by atoms with Gasteiger partial charge in [-0.25, -0.2) is 9.03 Å². The van der Waals surface area contributed by atoms with Gasteiger partial charge in [-0.3, -0.25) is 9.59 Å². The zero-order valence-electron chi connectivity index (χ0n) is 22.7. The van der Waals surface area contributed by atoms with Crippen LogP contribution in [0.5, 0.6) is 11.6 Å². The molecule has 4 aromatic rings. The number of hydrogen-bond donors (Lipinski definition) is 3. The van der Waals surface area contributed by atoms with Gasteiger partial charge in [0.2, 0.25) is 5.88 Å². The van der Waals surface area contributed by atoms with E-state index in [1.54, 1.807) is 36.8 Å². The van der Waals surface area contributed by atoms with Gasteiger partial charge in [0, 0.05) is 18.2 Å². The predicted octanol–water partition coefficient (Wildman–Crippen LogP) is 3.23. The molecule has 2 fully saturated rings. The zero-order chi connectivity index (χ0) is 28.0. The van der Waals surface area contributed by atoms with Crippen molar-refractivity contribution in [2.75, 3.05) is 6.61 Å². The minimum absolute atomic E-state index is 0.00345. The Balaban J connectivity index is 1.11. The third-order valence-electron chi connectivity index (χ3n) is 7.51. The highest BCUT2D eigenvalue weighted by Crippen LogP contribution is 2.44. The lowest BCUT2D eigenvalue weighted by Gasteiger charge is -2.29. The Hall–Kier alpha value is -4.12. The second-order valence-electron chi connectivity index (χ2n) is 11.5. The maximum absolute atomic E-state index is 13.3. The largest absolute Gasteiger partial charge is 0.489 e. The summed E-state index contributed by atoms with van der Waals surface area (Å²) >= 11 is 0. The van der Waals surface area contributed by atoms with E-state index in [2.05, 4.69) is 15.5 Å². The highest BCUT2D eigenvalue weighted by molar-refractivity contribution is 6.02. The van der Waals surface area contributed by atoms with Crippen LogP contribution in [-0.2, 0) is 0 Å². The number of carbonyl (C=O) groups excluding carboxylic acids is 2. The maximum Gasteiger partial charge on any atom is 0.256 e. The van der Waals surface area contributed by atoms with E-state index >= 15 is 0 Å². The van der Waals surface area contributed by atoms with Gasteiger partial charge in [-0.05, 0) is 76.6 Å². The molecule has 2 aliphatic rings. The Kier molecular flexibility index (Phi) is 6.61. The molecule has 0 unspecified atom stereocenters. The number of nitrogens with one attached hydrogen (secondary N) is 1. The molecule has 4 aromatic heterocycles. The average molecular weight is 547 g/mol. The standard InChI is InChI=1S/C29H34N6O5/c1-29(2,38)16-39-23-13-12-21-20(15-31-35(21)25(23)17-6-7-17)27(37)32-18-8-10-19(11-9-18)40-28-24(26(30)36)22-5-3-4-14-34(22)33-28/h3-5,12-15,17-19,38H,6-11,16H2,1-2H3,(H2,30,36)(H,32,37). The van der Waals surface area contributed by atoms with Crippen LogP contribution in [0.2, 0.25) is 0 Å². The number of primary amides is 1. The van der Waals surface area contributed by atoms with Gasteiger partial charge in [0.25, 0.3) is 11.8 Å². The number of hydrogen-bond acceptors (Lipinski definition) is 7. The van der Waals surface area contributed by atoms with Crippen LogP contribution in [0, 0.1) is 0 Å². The maximum atomic E-state index is 13.3. The van der Waals surface area contributed by atoms with Crippen LogP contribution in [0.3, 0.4) is 0 Å². The minimum Gasteiger partial charge on any atom is -0.489 e. The molecular formula is C29H34N6O5.